The predicted octanol–water partition coefficient (Wildman–Crippen LogP) is 4.36. The molecule has 0 aliphatic carbocycles. The van der Waals surface area contributed by atoms with Crippen LogP contribution in [0, 0.1) is 0 Å². The molecule has 0 radical (unpaired) electrons. The number of benzene rings is 2. The number of carbonyl (C=O) groups excluding carboxylic acids is 1. The molecule has 1 saturated heterocycles. The molecule has 0 aromatic heterocycles. The largest absolute Gasteiger partial charge is 0.497 e. The number of ether oxygens (including phenoxy) is 1. The number of hydrogen-bond donors (Lipinski definition) is 1. The minimum absolute atomic E-state index is 0.0654. The first-order valence-corrected chi connectivity index (χ1v) is 10.6. The number of rotatable bonds is 7. The lowest BCUT2D eigenvalue weighted by Crippen LogP contribution is -2.52. The van der Waals surface area contributed by atoms with Crippen molar-refractivity contribution in [3.63, 3.8) is 0 Å². The fourth-order valence-corrected chi connectivity index (χ4v) is 3.84. The maximum absolute atomic E-state index is 12.9. The Morgan fingerprint density at radius 3 is 2.48 bits per heavy atom. The molecule has 0 saturated carbocycles. The average molecular weight is 396 g/mol. The van der Waals surface area contributed by atoms with E-state index >= 15 is 0 Å². The second-order valence-corrected chi connectivity index (χ2v) is 7.79. The van der Waals surface area contributed by atoms with Crippen molar-refractivity contribution < 1.29 is 9.53 Å². The third kappa shape index (κ3) is 5.10. The topological polar surface area (TPSA) is 44.8 Å². The molecule has 29 heavy (non-hydrogen) atoms. The van der Waals surface area contributed by atoms with E-state index in [1.54, 1.807) is 7.11 Å². The van der Waals surface area contributed by atoms with Crippen molar-refractivity contribution >= 4 is 17.3 Å². The maximum atomic E-state index is 12.9. The van der Waals surface area contributed by atoms with Crippen molar-refractivity contribution in [2.75, 3.05) is 43.5 Å². The highest BCUT2D eigenvalue weighted by atomic mass is 16.5. The van der Waals surface area contributed by atoms with Crippen LogP contribution in [0.1, 0.15) is 38.7 Å². The molecular weight excluding hydrogens is 362 g/mol. The molecular formula is C24H33N3O2. The molecule has 1 aliphatic rings. The Labute approximate surface area is 174 Å². The zero-order chi connectivity index (χ0) is 20.8. The Bertz CT molecular complexity index is 815. The Kier molecular flexibility index (Phi) is 7.15. The van der Waals surface area contributed by atoms with E-state index in [4.69, 9.17) is 4.74 Å². The molecule has 0 bridgehead atoms. The zero-order valence-corrected chi connectivity index (χ0v) is 18.0. The number of hydrogen-bond acceptors (Lipinski definition) is 4. The van der Waals surface area contributed by atoms with Gasteiger partial charge in [-0.15, -0.1) is 0 Å². The maximum Gasteiger partial charge on any atom is 0.241 e. The van der Waals surface area contributed by atoms with E-state index in [9.17, 15) is 4.79 Å². The first kappa shape index (κ1) is 21.2. The van der Waals surface area contributed by atoms with Gasteiger partial charge in [-0.05, 0) is 43.0 Å². The number of carbonyl (C=O) groups is 1. The smallest absolute Gasteiger partial charge is 0.241 e. The Hall–Kier alpha value is -2.53. The van der Waals surface area contributed by atoms with Crippen LogP contribution in [0.5, 0.6) is 5.75 Å². The van der Waals surface area contributed by atoms with Crippen molar-refractivity contribution in [3.8, 4) is 5.75 Å². The summed E-state index contributed by atoms with van der Waals surface area (Å²) in [4.78, 5) is 17.5. The summed E-state index contributed by atoms with van der Waals surface area (Å²) in [6.07, 6.45) is 1.05. The molecule has 1 aliphatic heterocycles. The minimum Gasteiger partial charge on any atom is -0.497 e. The summed E-state index contributed by atoms with van der Waals surface area (Å²) in [5, 5.41) is 3.17. The quantitative estimate of drug-likeness (QED) is 0.757. The molecule has 1 heterocycles. The summed E-state index contributed by atoms with van der Waals surface area (Å²) in [6.45, 7) is 9.89. The van der Waals surface area contributed by atoms with Crippen molar-refractivity contribution in [2.24, 2.45) is 0 Å². The van der Waals surface area contributed by atoms with Gasteiger partial charge < -0.3 is 15.0 Å². The molecule has 1 fully saturated rings. The molecule has 0 unspecified atom stereocenters. The van der Waals surface area contributed by atoms with Crippen LogP contribution in [0.2, 0.25) is 0 Å². The van der Waals surface area contributed by atoms with Gasteiger partial charge in [-0.25, -0.2) is 0 Å². The van der Waals surface area contributed by atoms with Gasteiger partial charge in [0, 0.05) is 43.6 Å². The predicted molar refractivity (Wildman–Crippen MR) is 120 cm³/mol. The Morgan fingerprint density at radius 2 is 1.79 bits per heavy atom. The molecule has 2 atom stereocenters. The van der Waals surface area contributed by atoms with Crippen LogP contribution in [0.4, 0.5) is 11.4 Å². The van der Waals surface area contributed by atoms with Gasteiger partial charge in [0.2, 0.25) is 5.91 Å². The highest BCUT2D eigenvalue weighted by Crippen LogP contribution is 2.27. The first-order valence-electron chi connectivity index (χ1n) is 10.6. The van der Waals surface area contributed by atoms with Crippen LogP contribution in [0.15, 0.2) is 48.5 Å². The fourth-order valence-electron chi connectivity index (χ4n) is 3.84. The van der Waals surface area contributed by atoms with Gasteiger partial charge in [0.15, 0.2) is 0 Å². The summed E-state index contributed by atoms with van der Waals surface area (Å²) in [6, 6.07) is 16.1. The van der Waals surface area contributed by atoms with E-state index in [0.717, 1.165) is 44.0 Å². The molecule has 1 amide bonds. The van der Waals surface area contributed by atoms with Crippen molar-refractivity contribution in [1.82, 2.24) is 4.90 Å². The third-order valence-corrected chi connectivity index (χ3v) is 6.02. The number of amides is 1. The molecule has 5 heteroatoms. The number of para-hydroxylation sites is 1. The molecule has 0 spiro atoms. The van der Waals surface area contributed by atoms with E-state index in [1.165, 1.54) is 11.3 Å². The standard InChI is InChI=1S/C24H33N3O2/c1-5-18(2)22-11-6-7-12-23(22)25-24(28)19(3)26-13-15-27(16-14-26)20-9-8-10-21(17-20)29-4/h6-12,17-19H,5,13-16H2,1-4H3,(H,25,28)/t18-,19-/m0/s1. The lowest BCUT2D eigenvalue weighted by molar-refractivity contribution is -0.120. The van der Waals surface area contributed by atoms with Crippen LogP contribution in [0.3, 0.4) is 0 Å². The Morgan fingerprint density at radius 1 is 1.07 bits per heavy atom. The summed E-state index contributed by atoms with van der Waals surface area (Å²) < 4.78 is 5.34. The van der Waals surface area contributed by atoms with Crippen LogP contribution in [-0.4, -0.2) is 50.1 Å². The second kappa shape index (κ2) is 9.79. The summed E-state index contributed by atoms with van der Waals surface area (Å²) in [5.74, 6) is 1.36. The van der Waals surface area contributed by atoms with E-state index in [-0.39, 0.29) is 11.9 Å². The van der Waals surface area contributed by atoms with Crippen molar-refractivity contribution in [2.45, 2.75) is 39.2 Å². The Balaban J connectivity index is 1.59. The molecule has 1 N–H and O–H groups in total. The van der Waals surface area contributed by atoms with Crippen molar-refractivity contribution in [3.05, 3.63) is 54.1 Å². The SMILES string of the molecule is CC[C@H](C)c1ccccc1NC(=O)[C@H](C)N1CCN(c2cccc(OC)c2)CC1. The van der Waals surface area contributed by atoms with Crippen LogP contribution in [-0.2, 0) is 4.79 Å². The summed E-state index contributed by atoms with van der Waals surface area (Å²) in [7, 11) is 1.69. The fraction of sp³-hybridized carbons (Fsp3) is 0.458. The number of nitrogens with one attached hydrogen (secondary N) is 1. The van der Waals surface area contributed by atoms with Gasteiger partial charge in [0.05, 0.1) is 13.2 Å². The zero-order valence-electron chi connectivity index (χ0n) is 18.0. The van der Waals surface area contributed by atoms with Gasteiger partial charge in [-0.2, -0.15) is 0 Å². The van der Waals surface area contributed by atoms with Crippen molar-refractivity contribution in [1.29, 1.82) is 0 Å². The lowest BCUT2D eigenvalue weighted by Gasteiger charge is -2.38. The average Bonchev–Trinajstić information content (AvgIpc) is 2.78. The van der Waals surface area contributed by atoms with E-state index in [1.807, 2.05) is 37.3 Å². The summed E-state index contributed by atoms with van der Waals surface area (Å²) >= 11 is 0. The first-order chi connectivity index (χ1) is 14.0. The number of piperazine rings is 1. The summed E-state index contributed by atoms with van der Waals surface area (Å²) in [5.41, 5.74) is 3.32. The highest BCUT2D eigenvalue weighted by molar-refractivity contribution is 5.95. The van der Waals surface area contributed by atoms with Gasteiger partial charge in [0.25, 0.3) is 0 Å². The number of anilines is 2. The van der Waals surface area contributed by atoms with Crippen LogP contribution in [0.25, 0.3) is 0 Å². The molecule has 2 aromatic carbocycles. The molecule has 156 valence electrons. The van der Waals surface area contributed by atoms with Gasteiger partial charge in [-0.3, -0.25) is 9.69 Å². The van der Waals surface area contributed by atoms with Gasteiger partial charge in [-0.1, -0.05) is 38.1 Å². The number of methoxy groups -OCH3 is 1. The molecule has 5 nitrogen and oxygen atoms in total. The van der Waals surface area contributed by atoms with E-state index in [2.05, 4.69) is 47.2 Å². The van der Waals surface area contributed by atoms with E-state index < -0.39 is 0 Å². The van der Waals surface area contributed by atoms with Gasteiger partial charge in [0.1, 0.15) is 5.75 Å². The van der Waals surface area contributed by atoms with E-state index in [0.29, 0.717) is 5.92 Å². The minimum atomic E-state index is -0.160. The van der Waals surface area contributed by atoms with Crippen LogP contribution >= 0.6 is 0 Å². The number of nitrogens with zero attached hydrogens (tertiary/aromatic N) is 2. The molecule has 3 rings (SSSR count). The third-order valence-electron chi connectivity index (χ3n) is 6.02. The highest BCUT2D eigenvalue weighted by Gasteiger charge is 2.26. The van der Waals surface area contributed by atoms with Gasteiger partial charge >= 0.3 is 0 Å². The molecule has 2 aromatic rings. The lowest BCUT2D eigenvalue weighted by atomic mass is 9.97. The van der Waals surface area contributed by atoms with Crippen LogP contribution < -0.4 is 15.0 Å². The monoisotopic (exact) mass is 395 g/mol. The second-order valence-electron chi connectivity index (χ2n) is 7.79. The normalized spacial score (nSPS) is 16.9.